The largest absolute Gasteiger partial charge is 0.376 e. The first kappa shape index (κ1) is 15.6. The van der Waals surface area contributed by atoms with Gasteiger partial charge in [0.25, 0.3) is 0 Å². The van der Waals surface area contributed by atoms with E-state index in [4.69, 9.17) is 0 Å². The lowest BCUT2D eigenvalue weighted by Gasteiger charge is -2.10. The van der Waals surface area contributed by atoms with Gasteiger partial charge in [-0.15, -0.1) is 0 Å². The van der Waals surface area contributed by atoms with Crippen molar-refractivity contribution in [1.82, 2.24) is 0 Å². The van der Waals surface area contributed by atoms with Crippen molar-refractivity contribution in [2.75, 3.05) is 17.2 Å². The van der Waals surface area contributed by atoms with Crippen LogP contribution >= 0.6 is 15.9 Å². The Hall–Kier alpha value is -1.81. The molecule has 2 aromatic rings. The van der Waals surface area contributed by atoms with Crippen molar-refractivity contribution in [1.29, 1.82) is 0 Å². The van der Waals surface area contributed by atoms with Crippen LogP contribution in [0.3, 0.4) is 0 Å². The quantitative estimate of drug-likeness (QED) is 0.828. The number of benzene rings is 2. The number of carbonyl (C=O) groups is 1. The lowest BCUT2D eigenvalue weighted by Crippen LogP contribution is -2.21. The first-order chi connectivity index (χ1) is 10.1. The molecule has 0 fully saturated rings. The van der Waals surface area contributed by atoms with Crippen LogP contribution in [-0.4, -0.2) is 12.5 Å². The smallest absolute Gasteiger partial charge is 0.243 e. The van der Waals surface area contributed by atoms with Crippen LogP contribution in [0.25, 0.3) is 0 Å². The fourth-order valence-corrected chi connectivity index (χ4v) is 2.31. The first-order valence-corrected chi connectivity index (χ1v) is 7.74. The highest BCUT2D eigenvalue weighted by atomic mass is 79.9. The van der Waals surface area contributed by atoms with Gasteiger partial charge in [-0.1, -0.05) is 38.1 Å². The zero-order valence-corrected chi connectivity index (χ0v) is 13.8. The summed E-state index contributed by atoms with van der Waals surface area (Å²) in [6, 6.07) is 15.7. The molecule has 4 heteroatoms. The molecule has 1 amide bonds. The van der Waals surface area contributed by atoms with Gasteiger partial charge in [-0.2, -0.15) is 0 Å². The molecule has 2 N–H and O–H groups in total. The molecule has 21 heavy (non-hydrogen) atoms. The number of carbonyl (C=O) groups excluding carboxylic acids is 1. The minimum absolute atomic E-state index is 0.0742. The highest BCUT2D eigenvalue weighted by Crippen LogP contribution is 2.21. The van der Waals surface area contributed by atoms with E-state index in [-0.39, 0.29) is 12.5 Å². The lowest BCUT2D eigenvalue weighted by molar-refractivity contribution is -0.114. The monoisotopic (exact) mass is 346 g/mol. The third-order valence-corrected chi connectivity index (χ3v) is 3.87. The number of rotatable bonds is 5. The predicted molar refractivity (Wildman–Crippen MR) is 91.8 cm³/mol. The van der Waals surface area contributed by atoms with Gasteiger partial charge in [0.2, 0.25) is 5.91 Å². The molecule has 110 valence electrons. The minimum Gasteiger partial charge on any atom is -0.376 e. The van der Waals surface area contributed by atoms with E-state index in [1.807, 2.05) is 36.4 Å². The maximum atomic E-state index is 11.9. The standard InChI is InChI=1S/C17H19BrN2O/c1-12(2)13-7-9-14(10-8-13)19-11-17(21)20-16-6-4-3-5-15(16)18/h3-10,12,19H,11H2,1-2H3,(H,20,21). The van der Waals surface area contributed by atoms with Crippen molar-refractivity contribution in [3.63, 3.8) is 0 Å². The van der Waals surface area contributed by atoms with Crippen molar-refractivity contribution in [3.8, 4) is 0 Å². The van der Waals surface area contributed by atoms with Crippen molar-refractivity contribution in [2.24, 2.45) is 0 Å². The molecule has 2 rings (SSSR count). The van der Waals surface area contributed by atoms with E-state index >= 15 is 0 Å². The van der Waals surface area contributed by atoms with E-state index in [0.29, 0.717) is 5.92 Å². The van der Waals surface area contributed by atoms with Crippen molar-refractivity contribution in [2.45, 2.75) is 19.8 Å². The molecule has 0 radical (unpaired) electrons. The molecule has 0 saturated carbocycles. The molecule has 0 unspecified atom stereocenters. The van der Waals surface area contributed by atoms with Crippen molar-refractivity contribution < 1.29 is 4.79 Å². The highest BCUT2D eigenvalue weighted by molar-refractivity contribution is 9.10. The summed E-state index contributed by atoms with van der Waals surface area (Å²) in [5.41, 5.74) is 3.01. The molecule has 3 nitrogen and oxygen atoms in total. The molecule has 0 bridgehead atoms. The second-order valence-corrected chi connectivity index (χ2v) is 6.01. The number of hydrogen-bond donors (Lipinski definition) is 2. The van der Waals surface area contributed by atoms with Gasteiger partial charge in [-0.3, -0.25) is 4.79 Å². The number of halogens is 1. The summed E-state index contributed by atoms with van der Waals surface area (Å²) in [5, 5.41) is 5.98. The molecule has 0 aliphatic rings. The third kappa shape index (κ3) is 4.60. The highest BCUT2D eigenvalue weighted by Gasteiger charge is 2.05. The van der Waals surface area contributed by atoms with Crippen LogP contribution in [0.1, 0.15) is 25.3 Å². The van der Waals surface area contributed by atoms with Crippen LogP contribution in [0.5, 0.6) is 0 Å². The topological polar surface area (TPSA) is 41.1 Å². The normalized spacial score (nSPS) is 10.5. The molecule has 0 aliphatic carbocycles. The lowest BCUT2D eigenvalue weighted by atomic mass is 10.0. The molecule has 0 aliphatic heterocycles. The Kier molecular flexibility index (Phi) is 5.39. The predicted octanol–water partition coefficient (Wildman–Crippen LogP) is 4.62. The summed E-state index contributed by atoms with van der Waals surface area (Å²) in [6.45, 7) is 4.56. The Labute approximate surface area is 133 Å². The van der Waals surface area contributed by atoms with Gasteiger partial charge in [0.05, 0.1) is 12.2 Å². The Balaban J connectivity index is 1.88. The Morgan fingerprint density at radius 3 is 2.38 bits per heavy atom. The maximum absolute atomic E-state index is 11.9. The summed E-state index contributed by atoms with van der Waals surface area (Å²) in [6.07, 6.45) is 0. The maximum Gasteiger partial charge on any atom is 0.243 e. The van der Waals surface area contributed by atoms with Crippen molar-refractivity contribution >= 4 is 33.2 Å². The molecule has 2 aromatic carbocycles. The fraction of sp³-hybridized carbons (Fsp3) is 0.235. The van der Waals surface area contributed by atoms with Gasteiger partial charge < -0.3 is 10.6 Å². The van der Waals surface area contributed by atoms with Crippen LogP contribution in [0.4, 0.5) is 11.4 Å². The Morgan fingerprint density at radius 2 is 1.76 bits per heavy atom. The van der Waals surface area contributed by atoms with E-state index in [1.165, 1.54) is 5.56 Å². The Bertz CT molecular complexity index is 608. The number of para-hydroxylation sites is 1. The van der Waals surface area contributed by atoms with Gasteiger partial charge in [0.1, 0.15) is 0 Å². The second kappa shape index (κ2) is 7.27. The SMILES string of the molecule is CC(C)c1ccc(NCC(=O)Nc2ccccc2Br)cc1. The summed E-state index contributed by atoms with van der Waals surface area (Å²) in [4.78, 5) is 11.9. The number of hydrogen-bond acceptors (Lipinski definition) is 2. The molecule has 0 heterocycles. The second-order valence-electron chi connectivity index (χ2n) is 5.16. The zero-order chi connectivity index (χ0) is 15.2. The summed E-state index contributed by atoms with van der Waals surface area (Å²) < 4.78 is 0.875. The third-order valence-electron chi connectivity index (χ3n) is 3.18. The van der Waals surface area contributed by atoms with Crippen LogP contribution < -0.4 is 10.6 Å². The summed E-state index contributed by atoms with van der Waals surface area (Å²) >= 11 is 3.41. The van der Waals surface area contributed by atoms with Crippen molar-refractivity contribution in [3.05, 3.63) is 58.6 Å². The molecular formula is C17H19BrN2O. The molecular weight excluding hydrogens is 328 g/mol. The minimum atomic E-state index is -0.0742. The van der Waals surface area contributed by atoms with Crippen LogP contribution in [0, 0.1) is 0 Å². The molecule has 0 saturated heterocycles. The van der Waals surface area contributed by atoms with Crippen LogP contribution in [-0.2, 0) is 4.79 Å². The molecule has 0 atom stereocenters. The number of anilines is 2. The molecule has 0 spiro atoms. The summed E-state index contributed by atoms with van der Waals surface area (Å²) in [5.74, 6) is 0.438. The van der Waals surface area contributed by atoms with Gasteiger partial charge in [-0.25, -0.2) is 0 Å². The summed E-state index contributed by atoms with van der Waals surface area (Å²) in [7, 11) is 0. The van der Waals surface area contributed by atoms with Gasteiger partial charge in [-0.05, 0) is 51.7 Å². The molecule has 0 aromatic heterocycles. The number of amides is 1. The van der Waals surface area contributed by atoms with Gasteiger partial charge in [0, 0.05) is 10.2 Å². The zero-order valence-electron chi connectivity index (χ0n) is 12.2. The van der Waals surface area contributed by atoms with E-state index < -0.39 is 0 Å². The van der Waals surface area contributed by atoms with E-state index in [1.54, 1.807) is 0 Å². The first-order valence-electron chi connectivity index (χ1n) is 6.94. The average molecular weight is 347 g/mol. The van der Waals surface area contributed by atoms with Gasteiger partial charge >= 0.3 is 0 Å². The van der Waals surface area contributed by atoms with Gasteiger partial charge in [0.15, 0.2) is 0 Å². The number of nitrogens with one attached hydrogen (secondary N) is 2. The van der Waals surface area contributed by atoms with Crippen LogP contribution in [0.15, 0.2) is 53.0 Å². The van der Waals surface area contributed by atoms with E-state index in [2.05, 4.69) is 52.5 Å². The van der Waals surface area contributed by atoms with Crippen LogP contribution in [0.2, 0.25) is 0 Å². The fourth-order valence-electron chi connectivity index (χ4n) is 1.93. The average Bonchev–Trinajstić information content (AvgIpc) is 2.48. The van der Waals surface area contributed by atoms with E-state index in [9.17, 15) is 4.79 Å². The van der Waals surface area contributed by atoms with E-state index in [0.717, 1.165) is 15.8 Å². The Morgan fingerprint density at radius 1 is 1.10 bits per heavy atom.